The Bertz CT molecular complexity index is 828. The number of H-pyrrole nitrogens is 2. The molecule has 4 rings (SSSR count). The minimum absolute atomic E-state index is 0.0688. The summed E-state index contributed by atoms with van der Waals surface area (Å²) in [5.41, 5.74) is 3.99. The Hall–Kier alpha value is -2.63. The van der Waals surface area contributed by atoms with Gasteiger partial charge in [-0.15, -0.1) is 0 Å². The van der Waals surface area contributed by atoms with Crippen LogP contribution in [0.2, 0.25) is 0 Å². The van der Waals surface area contributed by atoms with Crippen molar-refractivity contribution < 1.29 is 4.79 Å². The van der Waals surface area contributed by atoms with Crippen LogP contribution in [0, 0.1) is 12.8 Å². The molecule has 1 fully saturated rings. The summed E-state index contributed by atoms with van der Waals surface area (Å²) in [6, 6.07) is 3.90. The molecule has 0 bridgehead atoms. The maximum Gasteiger partial charge on any atom is 0.228 e. The number of nitrogens with one attached hydrogen (secondary N) is 3. The number of aromatic amines is 2. The minimum atomic E-state index is 0.0688. The predicted octanol–water partition coefficient (Wildman–Crippen LogP) is 2.61. The summed E-state index contributed by atoms with van der Waals surface area (Å²) in [5, 5.41) is 10.8. The highest BCUT2D eigenvalue weighted by atomic mass is 16.2. The summed E-state index contributed by atoms with van der Waals surface area (Å²) in [4.78, 5) is 19.4. The first-order valence-corrected chi connectivity index (χ1v) is 7.00. The van der Waals surface area contributed by atoms with Crippen LogP contribution < -0.4 is 5.32 Å². The number of aryl methyl sites for hydroxylation is 1. The van der Waals surface area contributed by atoms with Crippen molar-refractivity contribution in [2.24, 2.45) is 5.92 Å². The summed E-state index contributed by atoms with van der Waals surface area (Å²) < 4.78 is 0. The van der Waals surface area contributed by atoms with E-state index in [4.69, 9.17) is 0 Å². The average molecular weight is 281 g/mol. The third-order valence-corrected chi connectivity index (χ3v) is 3.82. The number of fused-ring (bicyclic) bond motifs is 1. The number of hydrogen-bond acceptors (Lipinski definition) is 3. The number of rotatable bonds is 3. The van der Waals surface area contributed by atoms with Gasteiger partial charge in [0.05, 0.1) is 11.7 Å². The van der Waals surface area contributed by atoms with E-state index in [0.29, 0.717) is 5.82 Å². The van der Waals surface area contributed by atoms with Gasteiger partial charge in [0.1, 0.15) is 5.82 Å². The van der Waals surface area contributed by atoms with Crippen LogP contribution in [-0.4, -0.2) is 26.1 Å². The van der Waals surface area contributed by atoms with Crippen LogP contribution in [0.25, 0.3) is 22.2 Å². The third-order valence-electron chi connectivity index (χ3n) is 3.82. The molecule has 6 nitrogen and oxygen atoms in total. The highest BCUT2D eigenvalue weighted by Crippen LogP contribution is 2.30. The quantitative estimate of drug-likeness (QED) is 0.689. The van der Waals surface area contributed by atoms with Crippen molar-refractivity contribution in [2.45, 2.75) is 19.8 Å². The average Bonchev–Trinajstić information content (AvgIpc) is 3.11. The number of pyridine rings is 1. The Balaban J connectivity index is 1.68. The fourth-order valence-corrected chi connectivity index (χ4v) is 2.44. The third kappa shape index (κ3) is 2.18. The van der Waals surface area contributed by atoms with Crippen LogP contribution in [0.4, 0.5) is 5.82 Å². The molecule has 21 heavy (non-hydrogen) atoms. The Morgan fingerprint density at radius 1 is 1.33 bits per heavy atom. The number of hydrogen-bond donors (Lipinski definition) is 3. The molecule has 0 spiro atoms. The molecule has 3 aromatic heterocycles. The van der Waals surface area contributed by atoms with E-state index in [1.807, 2.05) is 19.1 Å². The first-order valence-electron chi connectivity index (χ1n) is 7.00. The zero-order valence-electron chi connectivity index (χ0n) is 11.6. The van der Waals surface area contributed by atoms with E-state index in [1.165, 1.54) is 0 Å². The molecule has 3 N–H and O–H groups in total. The largest absolute Gasteiger partial charge is 0.354 e. The first kappa shape index (κ1) is 12.1. The summed E-state index contributed by atoms with van der Waals surface area (Å²) in [5.74, 6) is 0.839. The maximum absolute atomic E-state index is 11.8. The summed E-state index contributed by atoms with van der Waals surface area (Å²) >= 11 is 0. The second kappa shape index (κ2) is 4.44. The fraction of sp³-hybridized carbons (Fsp3) is 0.267. The standard InChI is InChI=1S/C15H15N5O/c1-8-11(7-17-20-8)13-4-10-6-16-14(5-12(10)18-13)19-15(21)9-2-3-9/h4-7,9,18H,2-3H2,1H3,(H,17,20)(H,16,19,21). The van der Waals surface area contributed by atoms with E-state index < -0.39 is 0 Å². The number of anilines is 1. The molecule has 0 aromatic carbocycles. The molecular formula is C15H15N5O. The molecule has 3 heterocycles. The zero-order valence-corrected chi connectivity index (χ0v) is 11.6. The lowest BCUT2D eigenvalue weighted by Gasteiger charge is -2.02. The second-order valence-electron chi connectivity index (χ2n) is 5.51. The van der Waals surface area contributed by atoms with Gasteiger partial charge in [-0.25, -0.2) is 4.98 Å². The van der Waals surface area contributed by atoms with Gasteiger partial charge in [0.25, 0.3) is 0 Å². The Morgan fingerprint density at radius 2 is 2.19 bits per heavy atom. The fourth-order valence-electron chi connectivity index (χ4n) is 2.44. The molecular weight excluding hydrogens is 266 g/mol. The van der Waals surface area contributed by atoms with E-state index in [2.05, 4.69) is 25.5 Å². The van der Waals surface area contributed by atoms with E-state index in [-0.39, 0.29) is 11.8 Å². The lowest BCUT2D eigenvalue weighted by atomic mass is 10.2. The van der Waals surface area contributed by atoms with Crippen molar-refractivity contribution in [1.29, 1.82) is 0 Å². The monoisotopic (exact) mass is 281 g/mol. The summed E-state index contributed by atoms with van der Waals surface area (Å²) in [7, 11) is 0. The van der Waals surface area contributed by atoms with Gasteiger partial charge in [-0.05, 0) is 25.8 Å². The topological polar surface area (TPSA) is 86.5 Å². The summed E-state index contributed by atoms with van der Waals surface area (Å²) in [6.07, 6.45) is 5.54. The van der Waals surface area contributed by atoms with Gasteiger partial charge >= 0.3 is 0 Å². The smallest absolute Gasteiger partial charge is 0.228 e. The number of carbonyl (C=O) groups excluding carboxylic acids is 1. The van der Waals surface area contributed by atoms with Gasteiger partial charge in [0.15, 0.2) is 0 Å². The van der Waals surface area contributed by atoms with Crippen molar-refractivity contribution in [2.75, 3.05) is 5.32 Å². The molecule has 0 aliphatic heterocycles. The van der Waals surface area contributed by atoms with Gasteiger partial charge in [-0.1, -0.05) is 0 Å². The van der Waals surface area contributed by atoms with Crippen LogP contribution >= 0.6 is 0 Å². The van der Waals surface area contributed by atoms with Gasteiger partial charge in [-0.3, -0.25) is 9.89 Å². The van der Waals surface area contributed by atoms with Crippen molar-refractivity contribution >= 4 is 22.6 Å². The first-order chi connectivity index (χ1) is 10.2. The molecule has 0 saturated heterocycles. The van der Waals surface area contributed by atoms with Crippen LogP contribution in [0.3, 0.4) is 0 Å². The van der Waals surface area contributed by atoms with E-state index in [1.54, 1.807) is 12.4 Å². The van der Waals surface area contributed by atoms with Crippen molar-refractivity contribution in [3.05, 3.63) is 30.2 Å². The molecule has 3 aromatic rings. The number of amides is 1. The Kier molecular flexibility index (Phi) is 2.57. The van der Waals surface area contributed by atoms with E-state index in [9.17, 15) is 4.79 Å². The number of nitrogens with zero attached hydrogens (tertiary/aromatic N) is 2. The van der Waals surface area contributed by atoms with Crippen LogP contribution in [0.15, 0.2) is 24.5 Å². The molecule has 1 saturated carbocycles. The lowest BCUT2D eigenvalue weighted by molar-refractivity contribution is -0.117. The molecule has 0 atom stereocenters. The minimum Gasteiger partial charge on any atom is -0.354 e. The van der Waals surface area contributed by atoms with Crippen molar-refractivity contribution in [1.82, 2.24) is 20.2 Å². The lowest BCUT2D eigenvalue weighted by Crippen LogP contribution is -2.14. The highest BCUT2D eigenvalue weighted by molar-refractivity contribution is 5.95. The molecule has 106 valence electrons. The van der Waals surface area contributed by atoms with E-state index >= 15 is 0 Å². The molecule has 1 aliphatic carbocycles. The maximum atomic E-state index is 11.8. The molecule has 0 radical (unpaired) electrons. The normalized spacial score (nSPS) is 14.5. The molecule has 0 unspecified atom stereocenters. The van der Waals surface area contributed by atoms with Crippen molar-refractivity contribution in [3.8, 4) is 11.3 Å². The van der Waals surface area contributed by atoms with Crippen LogP contribution in [0.1, 0.15) is 18.5 Å². The number of aromatic nitrogens is 4. The highest BCUT2D eigenvalue weighted by Gasteiger charge is 2.29. The van der Waals surface area contributed by atoms with Crippen molar-refractivity contribution in [3.63, 3.8) is 0 Å². The zero-order chi connectivity index (χ0) is 14.4. The van der Waals surface area contributed by atoms with Gasteiger partial charge in [-0.2, -0.15) is 5.10 Å². The van der Waals surface area contributed by atoms with E-state index in [0.717, 1.165) is 40.7 Å². The van der Waals surface area contributed by atoms with Crippen LogP contribution in [-0.2, 0) is 4.79 Å². The van der Waals surface area contributed by atoms with Gasteiger partial charge in [0.2, 0.25) is 5.91 Å². The molecule has 1 amide bonds. The van der Waals surface area contributed by atoms with Crippen LogP contribution in [0.5, 0.6) is 0 Å². The van der Waals surface area contributed by atoms with Gasteiger partial charge < -0.3 is 10.3 Å². The second-order valence-corrected chi connectivity index (χ2v) is 5.51. The Labute approximate surface area is 121 Å². The number of carbonyl (C=O) groups is 1. The SMILES string of the molecule is Cc1[nH]ncc1-c1cc2cnc(NC(=O)C3CC3)cc2[nH]1. The molecule has 1 aliphatic rings. The Morgan fingerprint density at radius 3 is 2.90 bits per heavy atom. The predicted molar refractivity (Wildman–Crippen MR) is 79.8 cm³/mol. The summed E-state index contributed by atoms with van der Waals surface area (Å²) in [6.45, 7) is 1.98. The molecule has 6 heteroatoms. The van der Waals surface area contributed by atoms with Gasteiger partial charge in [0, 0.05) is 40.5 Å².